The van der Waals surface area contributed by atoms with Gasteiger partial charge in [-0.2, -0.15) is 9.13 Å². The highest BCUT2D eigenvalue weighted by atomic mass is 16.6. The average Bonchev–Trinajstić information content (AvgIpc) is 1.47. The molecule has 490 valence electrons. The summed E-state index contributed by atoms with van der Waals surface area (Å²) >= 11 is 0. The molecule has 8 aliphatic heterocycles. The second kappa shape index (κ2) is 16.8. The van der Waals surface area contributed by atoms with Crippen molar-refractivity contribution in [1.82, 2.24) is 9.13 Å². The van der Waals surface area contributed by atoms with Crippen molar-refractivity contribution in [3.63, 3.8) is 0 Å². The van der Waals surface area contributed by atoms with Gasteiger partial charge in [-0.05, 0) is 189 Å². The maximum Gasteiger partial charge on any atom is 0.404 e. The van der Waals surface area contributed by atoms with Crippen LogP contribution in [-0.2, 0) is 38.4 Å². The zero-order valence-electron chi connectivity index (χ0n) is 56.2. The first kappa shape index (κ1) is 55.8. The minimum atomic E-state index is -1.50. The van der Waals surface area contributed by atoms with Gasteiger partial charge in [0.15, 0.2) is 92.0 Å². The standard InChI is InChI=1S/C79H62N8O12/c1-73(2)29-77(45-23-51(90)49(88)21-41(45)73)31-75(5,6)43-25-61-63(27-47(43)77)98-59-19-39-37(17-57(59)96-61)69-81-67-35-15-55(94-11)53(92-9)13-33(35)65-80-66-34-14-54(93-10)56(95-12)16-36(34)68-82-70-38-18-58-60(20-40(38)72-83-71(39)86(69)79(84(65)67,85(66)68)87(70)72)99-64-28-48-44(26-62(64)97-58)76(7,8)32-78(48)30-74(3,4)42-22-50(89)52(91)24-46(42)78/h13-28H,29-32H2,1-12H3,(H2,80,81,82,83,88,89,90,91)/p+2/t77-,78-,79?/m1/s1. The van der Waals surface area contributed by atoms with Crippen LogP contribution in [0.15, 0.2) is 117 Å². The molecular formula is C79H64N8O12+2. The van der Waals surface area contributed by atoms with Gasteiger partial charge in [0.2, 0.25) is 22.6 Å². The molecule has 3 spiro atoms. The van der Waals surface area contributed by atoms with Crippen LogP contribution in [0, 0.1) is 0 Å². The number of hydrogen-bond acceptors (Lipinski definition) is 16. The maximum atomic E-state index is 11.1. The van der Waals surface area contributed by atoms with Gasteiger partial charge in [0.25, 0.3) is 23.3 Å². The lowest BCUT2D eigenvalue weighted by atomic mass is 9.72. The summed E-state index contributed by atoms with van der Waals surface area (Å²) in [4.78, 5) is 23.2. The number of rotatable bonds is 4. The highest BCUT2D eigenvalue weighted by molar-refractivity contribution is 6.21. The molecule has 4 aliphatic carbocycles. The fourth-order valence-corrected chi connectivity index (χ4v) is 20.5. The van der Waals surface area contributed by atoms with Crippen LogP contribution in [0.3, 0.4) is 0 Å². The first-order valence-electron chi connectivity index (χ1n) is 33.5. The fraction of sp³-hybridized carbons (Fsp3) is 0.291. The second-order valence-electron chi connectivity index (χ2n) is 31.4. The zero-order valence-corrected chi connectivity index (χ0v) is 56.2. The molecule has 0 bridgehead atoms. The molecule has 20 nitrogen and oxygen atoms in total. The Bertz CT molecular complexity index is 6080. The third-order valence-corrected chi connectivity index (χ3v) is 24.1. The molecule has 8 aromatic carbocycles. The fourth-order valence-electron chi connectivity index (χ4n) is 20.5. The largest absolute Gasteiger partial charge is 0.504 e. The Morgan fingerprint density at radius 2 is 0.646 bits per heavy atom. The molecule has 20 heteroatoms. The topological polar surface area (TPSA) is 220 Å². The minimum absolute atomic E-state index is 0.125. The van der Waals surface area contributed by atoms with Crippen molar-refractivity contribution in [2.24, 2.45) is 20.0 Å². The van der Waals surface area contributed by atoms with Crippen LogP contribution in [-0.4, -0.2) is 90.5 Å². The molecule has 10 aromatic rings. The Labute approximate surface area is 565 Å². The van der Waals surface area contributed by atoms with E-state index in [2.05, 4.69) is 97.9 Å². The van der Waals surface area contributed by atoms with Crippen LogP contribution < -0.4 is 48.9 Å². The third-order valence-electron chi connectivity index (χ3n) is 24.1. The summed E-state index contributed by atoms with van der Waals surface area (Å²) in [5, 5.41) is 47.0. The Kier molecular flexibility index (Phi) is 9.47. The molecule has 4 N–H and O–H groups in total. The normalized spacial score (nSPS) is 23.1. The lowest BCUT2D eigenvalue weighted by Gasteiger charge is -2.40. The van der Waals surface area contributed by atoms with Crippen LogP contribution in [0.4, 0.5) is 11.6 Å². The predicted molar refractivity (Wildman–Crippen MR) is 365 cm³/mol. The van der Waals surface area contributed by atoms with E-state index in [9.17, 15) is 20.4 Å². The summed E-state index contributed by atoms with van der Waals surface area (Å²) < 4.78 is 61.9. The summed E-state index contributed by atoms with van der Waals surface area (Å²) in [7, 11) is 6.52. The van der Waals surface area contributed by atoms with E-state index in [1.54, 1.807) is 52.7 Å². The number of ether oxygens (including phenoxy) is 8. The molecule has 1 unspecified atom stereocenters. The molecule has 0 amide bonds. The van der Waals surface area contributed by atoms with Gasteiger partial charge in [0, 0.05) is 10.8 Å². The monoisotopic (exact) mass is 1320 g/mol. The van der Waals surface area contributed by atoms with Gasteiger partial charge < -0.3 is 58.3 Å². The van der Waals surface area contributed by atoms with Crippen LogP contribution >= 0.6 is 0 Å². The van der Waals surface area contributed by atoms with Gasteiger partial charge in [0.05, 0.1) is 72.2 Å². The molecule has 0 radical (unpaired) electrons. The van der Waals surface area contributed by atoms with Crippen molar-refractivity contribution in [3.05, 3.63) is 175 Å². The van der Waals surface area contributed by atoms with Crippen molar-refractivity contribution in [3.8, 4) is 92.0 Å². The predicted octanol–water partition coefficient (Wildman–Crippen LogP) is 13.7. The Morgan fingerprint density at radius 1 is 0.343 bits per heavy atom. The van der Waals surface area contributed by atoms with E-state index in [-0.39, 0.29) is 44.7 Å². The quantitative estimate of drug-likeness (QED) is 0.0955. The van der Waals surface area contributed by atoms with Crippen LogP contribution in [0.2, 0.25) is 0 Å². The summed E-state index contributed by atoms with van der Waals surface area (Å²) in [6.45, 7) is 17.9. The number of amidine groups is 4. The number of phenolic OH excluding ortho intramolecular Hbond substituents is 4. The molecule has 99 heavy (non-hydrogen) atoms. The maximum absolute atomic E-state index is 11.1. The number of fused-ring (bicyclic) bond motifs is 24. The Balaban J connectivity index is 0.790. The van der Waals surface area contributed by atoms with Crippen LogP contribution in [0.25, 0.3) is 21.5 Å². The number of benzene rings is 8. The van der Waals surface area contributed by atoms with Crippen molar-refractivity contribution in [2.75, 3.05) is 28.4 Å². The highest BCUT2D eigenvalue weighted by Gasteiger charge is 2.70. The summed E-state index contributed by atoms with van der Waals surface area (Å²) in [5.41, 5.74) is 10.5. The van der Waals surface area contributed by atoms with E-state index < -0.39 is 16.7 Å². The summed E-state index contributed by atoms with van der Waals surface area (Å²) in [6, 6.07) is 31.6. The first-order chi connectivity index (χ1) is 47.3. The highest BCUT2D eigenvalue weighted by Crippen LogP contribution is 2.69. The summed E-state index contributed by atoms with van der Waals surface area (Å²) in [5.74, 6) is 7.79. The van der Waals surface area contributed by atoms with Gasteiger partial charge in [0.1, 0.15) is 0 Å². The summed E-state index contributed by atoms with van der Waals surface area (Å²) in [6.07, 6.45) is 3.09. The van der Waals surface area contributed by atoms with Gasteiger partial charge in [-0.1, -0.05) is 75.4 Å². The number of hydrogen-bond donors (Lipinski definition) is 4. The molecule has 0 fully saturated rings. The van der Waals surface area contributed by atoms with Crippen molar-refractivity contribution < 1.29 is 67.5 Å². The van der Waals surface area contributed by atoms with E-state index >= 15 is 0 Å². The van der Waals surface area contributed by atoms with Gasteiger partial charge in [-0.3, -0.25) is 0 Å². The van der Waals surface area contributed by atoms with Gasteiger partial charge in [-0.25, -0.2) is 0 Å². The minimum Gasteiger partial charge on any atom is -0.504 e. The number of aliphatic imine (C=N–C) groups is 2. The zero-order chi connectivity index (χ0) is 67.5. The number of aromatic nitrogens is 2. The van der Waals surface area contributed by atoms with Crippen LogP contribution in [0.5, 0.6) is 92.0 Å². The molecule has 22 rings (SSSR count). The lowest BCUT2D eigenvalue weighted by molar-refractivity contribution is -0.790. The Hall–Kier alpha value is -11.3. The number of aromatic hydroxyl groups is 4. The lowest BCUT2D eigenvalue weighted by Crippen LogP contribution is -2.71. The SMILES string of the molecule is COc1cc2c(cc1OC)C1=[N+]3C2=Nc2c4cc(OC)c(OC)cc4c4n2C32n3c(c5cc6c(cc5c3=NC3=[N+]2C(=N4)c2cc4c(cc23)Oc2cc3c(cc2O4)C(C)(C)C[C@@]32CC(C)(C)c3cc(O)c(O)cc32)Oc2cc3c(cc2O6)C(C)(C)C[C@@]32CC(C)(C)c3cc(O)c(O)cc32)=N1. The van der Waals surface area contributed by atoms with Gasteiger partial charge in [-0.15, -0.1) is 9.15 Å². The van der Waals surface area contributed by atoms with E-state index in [4.69, 9.17) is 57.9 Å². The molecule has 10 heterocycles. The van der Waals surface area contributed by atoms with Gasteiger partial charge >= 0.3 is 5.91 Å². The average molecular weight is 1320 g/mol. The van der Waals surface area contributed by atoms with E-state index in [0.717, 1.165) is 114 Å². The number of methoxy groups -OCH3 is 4. The molecule has 0 saturated heterocycles. The molecule has 0 saturated carbocycles. The van der Waals surface area contributed by atoms with Crippen molar-refractivity contribution in [1.29, 1.82) is 0 Å². The molecule has 3 atom stereocenters. The smallest absolute Gasteiger partial charge is 0.404 e. The van der Waals surface area contributed by atoms with Crippen molar-refractivity contribution >= 4 is 56.5 Å². The third kappa shape index (κ3) is 6.20. The molecular weight excluding hydrogens is 1250 g/mol. The van der Waals surface area contributed by atoms with E-state index in [1.807, 2.05) is 48.5 Å². The number of nitrogens with zero attached hydrogens (tertiary/aromatic N) is 8. The second-order valence-corrected chi connectivity index (χ2v) is 31.4. The van der Waals surface area contributed by atoms with E-state index in [1.165, 1.54) is 0 Å². The Morgan fingerprint density at radius 3 is 1.05 bits per heavy atom. The van der Waals surface area contributed by atoms with Crippen molar-refractivity contribution in [2.45, 2.75) is 119 Å². The molecule has 12 aliphatic rings. The molecule has 2 aromatic heterocycles. The van der Waals surface area contributed by atoms with E-state index in [0.29, 0.717) is 115 Å². The van der Waals surface area contributed by atoms with Crippen LogP contribution in [0.1, 0.15) is 148 Å². The number of phenols is 4. The first-order valence-corrected chi connectivity index (χ1v) is 33.5.